The number of carbonyl (C=O) groups excluding carboxylic acids is 1. The maximum atomic E-state index is 14.1. The first kappa shape index (κ1) is 29.7. The highest BCUT2D eigenvalue weighted by atomic mass is 32.1. The molecule has 1 aliphatic rings. The topological polar surface area (TPSA) is 116 Å². The Labute approximate surface area is 242 Å². The van der Waals surface area contributed by atoms with Crippen molar-refractivity contribution >= 4 is 34.8 Å². The molecule has 41 heavy (non-hydrogen) atoms. The Balaban J connectivity index is 2.02. The molecule has 0 radical (unpaired) electrons. The molecule has 216 valence electrons. The van der Waals surface area contributed by atoms with E-state index in [9.17, 15) is 19.7 Å². The van der Waals surface area contributed by atoms with Crippen LogP contribution in [0.4, 0.5) is 11.4 Å². The summed E-state index contributed by atoms with van der Waals surface area (Å²) in [7, 11) is 0. The maximum Gasteiger partial charge on any atom is 0.338 e. The van der Waals surface area contributed by atoms with Crippen LogP contribution in [0.2, 0.25) is 0 Å². The minimum atomic E-state index is -0.838. The lowest BCUT2D eigenvalue weighted by atomic mass is 9.95. The van der Waals surface area contributed by atoms with Crippen molar-refractivity contribution in [2.45, 2.75) is 53.7 Å². The van der Waals surface area contributed by atoms with E-state index in [1.807, 2.05) is 52.0 Å². The van der Waals surface area contributed by atoms with Gasteiger partial charge in [-0.15, -0.1) is 0 Å². The summed E-state index contributed by atoms with van der Waals surface area (Å²) in [6.07, 6.45) is 1.53. The van der Waals surface area contributed by atoms with Gasteiger partial charge >= 0.3 is 5.97 Å². The summed E-state index contributed by atoms with van der Waals surface area (Å²) in [6, 6.07) is 11.1. The first-order valence-electron chi connectivity index (χ1n) is 13.6. The fourth-order valence-electron chi connectivity index (χ4n) is 4.92. The standard InChI is InChI=1S/C30H34N4O6S/c1-7-32(8-2)23-15-14-21(34(37)38)16-20(23)17-25-28(35)33-27(22-12-10-11-13-24(22)40-18(4)5)26(29(36)39-9-3)19(6)31-30(33)41-25/h10-18,27H,7-9H2,1-6H3/b25-17+/t27-/m0/s1. The number of non-ortho nitro benzene ring substituents is 1. The van der Waals surface area contributed by atoms with E-state index in [4.69, 9.17) is 9.47 Å². The zero-order chi connectivity index (χ0) is 29.8. The molecule has 1 aromatic heterocycles. The van der Waals surface area contributed by atoms with Crippen molar-refractivity contribution in [2.75, 3.05) is 24.6 Å². The number of nitrogens with zero attached hydrogens (tertiary/aromatic N) is 4. The number of nitro groups is 1. The van der Waals surface area contributed by atoms with Crippen LogP contribution in [0.1, 0.15) is 58.7 Å². The largest absolute Gasteiger partial charge is 0.491 e. The van der Waals surface area contributed by atoms with Crippen molar-refractivity contribution in [3.8, 4) is 5.75 Å². The lowest BCUT2D eigenvalue weighted by Gasteiger charge is -2.26. The Kier molecular flexibility index (Phi) is 9.07. The quantitative estimate of drug-likeness (QED) is 0.200. The zero-order valence-corrected chi connectivity index (χ0v) is 24.9. The Morgan fingerprint density at radius 3 is 2.54 bits per heavy atom. The van der Waals surface area contributed by atoms with Crippen molar-refractivity contribution in [1.29, 1.82) is 0 Å². The molecular weight excluding hydrogens is 544 g/mol. The van der Waals surface area contributed by atoms with Gasteiger partial charge < -0.3 is 14.4 Å². The van der Waals surface area contributed by atoms with Gasteiger partial charge in [0.05, 0.1) is 33.4 Å². The highest BCUT2D eigenvalue weighted by Gasteiger charge is 2.35. The van der Waals surface area contributed by atoms with Crippen molar-refractivity contribution < 1.29 is 19.2 Å². The van der Waals surface area contributed by atoms with E-state index in [0.717, 1.165) is 5.69 Å². The molecule has 11 heteroatoms. The molecule has 0 saturated carbocycles. The summed E-state index contributed by atoms with van der Waals surface area (Å²) in [6.45, 7) is 12.8. The summed E-state index contributed by atoms with van der Waals surface area (Å²) < 4.78 is 13.3. The smallest absolute Gasteiger partial charge is 0.338 e. The van der Waals surface area contributed by atoms with E-state index in [1.165, 1.54) is 28.0 Å². The van der Waals surface area contributed by atoms with Crippen LogP contribution in [0.5, 0.6) is 5.75 Å². The van der Waals surface area contributed by atoms with E-state index in [-0.39, 0.29) is 29.5 Å². The lowest BCUT2D eigenvalue weighted by Crippen LogP contribution is -2.40. The molecule has 4 rings (SSSR count). The Hall–Kier alpha value is -4.25. The van der Waals surface area contributed by atoms with E-state index < -0.39 is 16.9 Å². The fourth-order valence-corrected chi connectivity index (χ4v) is 5.96. The van der Waals surface area contributed by atoms with Crippen molar-refractivity contribution in [3.05, 3.63) is 94.7 Å². The number of esters is 1. The Morgan fingerprint density at radius 1 is 1.20 bits per heavy atom. The van der Waals surface area contributed by atoms with Gasteiger partial charge in [-0.3, -0.25) is 19.5 Å². The minimum absolute atomic E-state index is 0.0713. The molecular formula is C30H34N4O6S. The molecule has 0 fully saturated rings. The summed E-state index contributed by atoms with van der Waals surface area (Å²) in [5.74, 6) is -0.0176. The number of hydrogen-bond acceptors (Lipinski definition) is 9. The minimum Gasteiger partial charge on any atom is -0.491 e. The number of allylic oxidation sites excluding steroid dienone is 1. The van der Waals surface area contributed by atoms with Crippen molar-refractivity contribution in [1.82, 2.24) is 4.57 Å². The van der Waals surface area contributed by atoms with E-state index in [0.29, 0.717) is 45.0 Å². The molecule has 0 N–H and O–H groups in total. The maximum absolute atomic E-state index is 14.1. The highest BCUT2D eigenvalue weighted by Crippen LogP contribution is 2.36. The molecule has 2 aromatic carbocycles. The molecule has 0 bridgehead atoms. The molecule has 2 heterocycles. The Morgan fingerprint density at radius 2 is 1.90 bits per heavy atom. The molecule has 1 atom stereocenters. The van der Waals surface area contributed by atoms with E-state index in [1.54, 1.807) is 26.0 Å². The first-order chi connectivity index (χ1) is 19.6. The second-order valence-electron chi connectivity index (χ2n) is 9.68. The number of fused-ring (bicyclic) bond motifs is 1. The van der Waals surface area contributed by atoms with Gasteiger partial charge in [0.2, 0.25) is 0 Å². The number of thiazole rings is 1. The van der Waals surface area contributed by atoms with Crippen LogP contribution in [0, 0.1) is 10.1 Å². The van der Waals surface area contributed by atoms with E-state index >= 15 is 0 Å². The van der Waals surface area contributed by atoms with Crippen LogP contribution < -0.4 is 24.5 Å². The van der Waals surface area contributed by atoms with Gasteiger partial charge in [0, 0.05) is 42.0 Å². The number of carbonyl (C=O) groups is 1. The molecule has 0 unspecified atom stereocenters. The number of hydrogen-bond donors (Lipinski definition) is 0. The Bertz CT molecular complexity index is 1680. The van der Waals surface area contributed by atoms with Gasteiger partial charge in [-0.25, -0.2) is 9.79 Å². The lowest BCUT2D eigenvalue weighted by molar-refractivity contribution is -0.384. The van der Waals surface area contributed by atoms with Crippen LogP contribution in [0.3, 0.4) is 0 Å². The predicted molar refractivity (Wildman–Crippen MR) is 159 cm³/mol. The number of anilines is 1. The van der Waals surface area contributed by atoms with Gasteiger partial charge in [-0.1, -0.05) is 29.5 Å². The van der Waals surface area contributed by atoms with Crippen LogP contribution in [0.25, 0.3) is 6.08 Å². The van der Waals surface area contributed by atoms with Crippen molar-refractivity contribution in [2.24, 2.45) is 4.99 Å². The molecule has 0 aliphatic carbocycles. The van der Waals surface area contributed by atoms with Crippen LogP contribution >= 0.6 is 11.3 Å². The van der Waals surface area contributed by atoms with Crippen LogP contribution in [0.15, 0.2) is 63.5 Å². The number of para-hydroxylation sites is 1. The highest BCUT2D eigenvalue weighted by molar-refractivity contribution is 7.07. The third-order valence-corrected chi connectivity index (χ3v) is 7.69. The molecule has 0 saturated heterocycles. The third-order valence-electron chi connectivity index (χ3n) is 6.71. The van der Waals surface area contributed by atoms with Gasteiger partial charge in [0.1, 0.15) is 11.8 Å². The average Bonchev–Trinajstić information content (AvgIpc) is 3.23. The van der Waals surface area contributed by atoms with Crippen molar-refractivity contribution in [3.63, 3.8) is 0 Å². The fraction of sp³-hybridized carbons (Fsp3) is 0.367. The number of ether oxygens (including phenoxy) is 2. The monoisotopic (exact) mass is 578 g/mol. The SMILES string of the molecule is CCOC(=O)C1=C(C)N=c2s/c(=C/c3cc([N+](=O)[O-])ccc3N(CC)CC)c(=O)n2[C@H]1c1ccccc1OC(C)C. The van der Waals surface area contributed by atoms with Crippen LogP contribution in [-0.2, 0) is 9.53 Å². The number of benzene rings is 2. The van der Waals surface area contributed by atoms with Gasteiger partial charge in [-0.05, 0) is 59.8 Å². The number of rotatable bonds is 10. The average molecular weight is 579 g/mol. The molecule has 3 aromatic rings. The second kappa shape index (κ2) is 12.5. The zero-order valence-electron chi connectivity index (χ0n) is 24.0. The summed E-state index contributed by atoms with van der Waals surface area (Å²) in [5.41, 5.74) is 2.22. The second-order valence-corrected chi connectivity index (χ2v) is 10.7. The van der Waals surface area contributed by atoms with Gasteiger partial charge in [-0.2, -0.15) is 0 Å². The van der Waals surface area contributed by atoms with Gasteiger partial charge in [0.25, 0.3) is 11.2 Å². The summed E-state index contributed by atoms with van der Waals surface area (Å²) in [4.78, 5) is 45.6. The molecule has 0 spiro atoms. The molecule has 1 aliphatic heterocycles. The summed E-state index contributed by atoms with van der Waals surface area (Å²) in [5, 5.41) is 11.6. The number of nitro benzene ring substituents is 1. The molecule has 0 amide bonds. The third kappa shape index (κ3) is 5.95. The number of aromatic nitrogens is 1. The normalized spacial score (nSPS) is 15.0. The van der Waals surface area contributed by atoms with E-state index in [2.05, 4.69) is 9.89 Å². The first-order valence-corrected chi connectivity index (χ1v) is 14.4. The van der Waals surface area contributed by atoms with Crippen LogP contribution in [-0.4, -0.2) is 41.3 Å². The van der Waals surface area contributed by atoms with Gasteiger partial charge in [0.15, 0.2) is 4.80 Å². The summed E-state index contributed by atoms with van der Waals surface area (Å²) >= 11 is 1.17. The predicted octanol–water partition coefficient (Wildman–Crippen LogP) is 4.34. The molecule has 10 nitrogen and oxygen atoms in total.